The molecule has 1 aliphatic rings. The van der Waals surface area contributed by atoms with Crippen LogP contribution in [-0.4, -0.2) is 53.2 Å². The normalized spacial score (nSPS) is 16.7. The number of amides is 1. The Morgan fingerprint density at radius 2 is 2.05 bits per heavy atom. The largest absolute Gasteiger partial charge is 0.389 e. The molecule has 0 saturated carbocycles. The molecular formula is C17H27N3O2. The summed E-state index contributed by atoms with van der Waals surface area (Å²) in [5, 5.41) is 9.80. The van der Waals surface area contributed by atoms with Crippen LogP contribution in [0.2, 0.25) is 0 Å². The second-order valence-electron chi connectivity index (χ2n) is 7.05. The van der Waals surface area contributed by atoms with Crippen molar-refractivity contribution in [3.05, 3.63) is 23.9 Å². The zero-order chi connectivity index (χ0) is 16.3. The highest BCUT2D eigenvalue weighted by Gasteiger charge is 2.21. The van der Waals surface area contributed by atoms with Gasteiger partial charge in [0.15, 0.2) is 0 Å². The Morgan fingerprint density at radius 3 is 2.55 bits per heavy atom. The van der Waals surface area contributed by atoms with Crippen LogP contribution in [0.5, 0.6) is 0 Å². The van der Waals surface area contributed by atoms with Crippen LogP contribution >= 0.6 is 0 Å². The van der Waals surface area contributed by atoms with E-state index in [4.69, 9.17) is 0 Å². The van der Waals surface area contributed by atoms with E-state index in [9.17, 15) is 9.90 Å². The second-order valence-corrected chi connectivity index (χ2v) is 7.05. The monoisotopic (exact) mass is 305 g/mol. The van der Waals surface area contributed by atoms with Crippen LogP contribution in [0.4, 0.5) is 5.82 Å². The van der Waals surface area contributed by atoms with Gasteiger partial charge in [-0.15, -0.1) is 0 Å². The molecule has 0 unspecified atom stereocenters. The van der Waals surface area contributed by atoms with Crippen LogP contribution in [0.15, 0.2) is 18.3 Å². The molecular weight excluding hydrogens is 278 g/mol. The van der Waals surface area contributed by atoms with Crippen molar-refractivity contribution in [1.29, 1.82) is 0 Å². The number of rotatable bonds is 4. The van der Waals surface area contributed by atoms with Gasteiger partial charge in [0.25, 0.3) is 5.91 Å². The van der Waals surface area contributed by atoms with Gasteiger partial charge >= 0.3 is 0 Å². The maximum atomic E-state index is 12.3. The molecule has 5 heteroatoms. The number of hydrogen-bond acceptors (Lipinski definition) is 4. The Bertz CT molecular complexity index is 500. The molecule has 0 radical (unpaired) electrons. The highest BCUT2D eigenvalue weighted by atomic mass is 16.3. The van der Waals surface area contributed by atoms with Gasteiger partial charge in [0.1, 0.15) is 5.82 Å². The molecule has 0 atom stereocenters. The number of likely N-dealkylation sites (N-methyl/N-ethyl adjacent to an activating group) is 1. The zero-order valence-electron chi connectivity index (χ0n) is 14.0. The molecule has 1 amide bonds. The fourth-order valence-electron chi connectivity index (χ4n) is 2.81. The lowest BCUT2D eigenvalue weighted by Gasteiger charge is -2.31. The van der Waals surface area contributed by atoms with Crippen LogP contribution in [0, 0.1) is 5.92 Å². The first-order valence-corrected chi connectivity index (χ1v) is 7.95. The number of aliphatic hydroxyl groups is 1. The second kappa shape index (κ2) is 6.65. The molecule has 0 aromatic carbocycles. The number of carbonyl (C=O) groups is 1. The summed E-state index contributed by atoms with van der Waals surface area (Å²) in [4.78, 5) is 20.6. The van der Waals surface area contributed by atoms with Crippen LogP contribution in [0.3, 0.4) is 0 Å². The van der Waals surface area contributed by atoms with E-state index in [1.165, 1.54) is 17.7 Å². The Kier molecular flexibility index (Phi) is 5.06. The predicted molar refractivity (Wildman–Crippen MR) is 88.1 cm³/mol. The summed E-state index contributed by atoms with van der Waals surface area (Å²) in [5.41, 5.74) is -0.344. The topological polar surface area (TPSA) is 56.7 Å². The lowest BCUT2D eigenvalue weighted by molar-refractivity contribution is 0.0367. The number of pyridine rings is 1. The van der Waals surface area contributed by atoms with E-state index in [0.717, 1.165) is 24.8 Å². The molecule has 22 heavy (non-hydrogen) atoms. The van der Waals surface area contributed by atoms with Crippen molar-refractivity contribution in [2.45, 2.75) is 39.2 Å². The van der Waals surface area contributed by atoms with Crippen molar-refractivity contribution in [2.75, 3.05) is 31.6 Å². The van der Waals surface area contributed by atoms with Crippen LogP contribution in [0.1, 0.15) is 44.0 Å². The van der Waals surface area contributed by atoms with Gasteiger partial charge in [0.05, 0.1) is 11.2 Å². The van der Waals surface area contributed by atoms with Gasteiger partial charge in [-0.3, -0.25) is 4.79 Å². The van der Waals surface area contributed by atoms with E-state index in [1.54, 1.807) is 27.1 Å². The number of aromatic nitrogens is 1. The van der Waals surface area contributed by atoms with E-state index in [1.807, 2.05) is 12.1 Å². The van der Waals surface area contributed by atoms with Gasteiger partial charge in [-0.1, -0.05) is 6.92 Å². The van der Waals surface area contributed by atoms with Crippen molar-refractivity contribution < 1.29 is 9.90 Å². The quantitative estimate of drug-likeness (QED) is 0.926. The molecule has 1 fully saturated rings. The molecule has 0 bridgehead atoms. The smallest absolute Gasteiger partial charge is 0.255 e. The highest BCUT2D eigenvalue weighted by molar-refractivity contribution is 5.94. The zero-order valence-corrected chi connectivity index (χ0v) is 14.0. The van der Waals surface area contributed by atoms with Crippen molar-refractivity contribution in [2.24, 2.45) is 5.92 Å². The Hall–Kier alpha value is -1.62. The summed E-state index contributed by atoms with van der Waals surface area (Å²) in [5.74, 6) is 1.61. The SMILES string of the molecule is CC1CCN(c2ccc(C(=O)N(C)CC(C)(C)O)cn2)CC1. The first-order valence-electron chi connectivity index (χ1n) is 7.95. The van der Waals surface area contributed by atoms with E-state index in [-0.39, 0.29) is 12.5 Å². The van der Waals surface area contributed by atoms with E-state index in [0.29, 0.717) is 5.56 Å². The summed E-state index contributed by atoms with van der Waals surface area (Å²) in [7, 11) is 1.69. The summed E-state index contributed by atoms with van der Waals surface area (Å²) < 4.78 is 0. The molecule has 0 aliphatic carbocycles. The Balaban J connectivity index is 2.01. The summed E-state index contributed by atoms with van der Waals surface area (Å²) in [6.07, 6.45) is 4.02. The third-order valence-electron chi connectivity index (χ3n) is 4.07. The highest BCUT2D eigenvalue weighted by Crippen LogP contribution is 2.21. The number of hydrogen-bond donors (Lipinski definition) is 1. The number of carbonyl (C=O) groups excluding carboxylic acids is 1. The maximum Gasteiger partial charge on any atom is 0.255 e. The molecule has 1 N–H and O–H groups in total. The van der Waals surface area contributed by atoms with Gasteiger partial charge in [-0.05, 0) is 44.7 Å². The minimum Gasteiger partial charge on any atom is -0.389 e. The fraction of sp³-hybridized carbons (Fsp3) is 0.647. The molecule has 122 valence electrons. The van der Waals surface area contributed by atoms with Crippen molar-refractivity contribution in [1.82, 2.24) is 9.88 Å². The average molecular weight is 305 g/mol. The number of anilines is 1. The predicted octanol–water partition coefficient (Wildman–Crippen LogP) is 2.16. The van der Waals surface area contributed by atoms with Gasteiger partial charge in [0.2, 0.25) is 0 Å². The minimum atomic E-state index is -0.901. The Labute approximate surface area is 132 Å². The molecule has 1 aromatic rings. The fourth-order valence-corrected chi connectivity index (χ4v) is 2.81. The number of piperidine rings is 1. The first-order chi connectivity index (χ1) is 10.3. The standard InChI is InChI=1S/C17H27N3O2/c1-13-7-9-20(10-8-13)15-6-5-14(11-18-15)16(21)19(4)12-17(2,3)22/h5-6,11,13,22H,7-10,12H2,1-4H3. The van der Waals surface area contributed by atoms with Crippen molar-refractivity contribution in [3.8, 4) is 0 Å². The summed E-state index contributed by atoms with van der Waals surface area (Å²) in [6, 6.07) is 3.74. The maximum absolute atomic E-state index is 12.3. The van der Waals surface area contributed by atoms with E-state index < -0.39 is 5.60 Å². The molecule has 5 nitrogen and oxygen atoms in total. The van der Waals surface area contributed by atoms with Gasteiger partial charge < -0.3 is 14.9 Å². The molecule has 2 heterocycles. The minimum absolute atomic E-state index is 0.117. The molecule has 2 rings (SSSR count). The summed E-state index contributed by atoms with van der Waals surface area (Å²) in [6.45, 7) is 8.01. The third-order valence-corrected chi connectivity index (χ3v) is 4.07. The van der Waals surface area contributed by atoms with Gasteiger partial charge in [-0.25, -0.2) is 4.98 Å². The van der Waals surface area contributed by atoms with Gasteiger partial charge in [-0.2, -0.15) is 0 Å². The van der Waals surface area contributed by atoms with Gasteiger partial charge in [0, 0.05) is 32.9 Å². The van der Waals surface area contributed by atoms with Crippen molar-refractivity contribution >= 4 is 11.7 Å². The van der Waals surface area contributed by atoms with Crippen molar-refractivity contribution in [3.63, 3.8) is 0 Å². The lowest BCUT2D eigenvalue weighted by atomic mass is 9.99. The molecule has 0 spiro atoms. The summed E-state index contributed by atoms with van der Waals surface area (Å²) >= 11 is 0. The van der Waals surface area contributed by atoms with E-state index >= 15 is 0 Å². The Morgan fingerprint density at radius 1 is 1.41 bits per heavy atom. The number of nitrogens with zero attached hydrogens (tertiary/aromatic N) is 3. The molecule has 1 saturated heterocycles. The van der Waals surface area contributed by atoms with Crippen LogP contribution in [0.25, 0.3) is 0 Å². The lowest BCUT2D eigenvalue weighted by Crippen LogP contribution is -2.39. The first kappa shape index (κ1) is 16.7. The molecule has 1 aliphatic heterocycles. The average Bonchev–Trinajstić information content (AvgIpc) is 2.46. The van der Waals surface area contributed by atoms with Crippen LogP contribution in [-0.2, 0) is 0 Å². The van der Waals surface area contributed by atoms with Crippen LogP contribution < -0.4 is 4.90 Å². The van der Waals surface area contributed by atoms with E-state index in [2.05, 4.69) is 16.8 Å². The molecule has 1 aromatic heterocycles. The third kappa shape index (κ3) is 4.44.